The summed E-state index contributed by atoms with van der Waals surface area (Å²) in [6, 6.07) is 4.34. The smallest absolute Gasteiger partial charge is 0.256 e. The van der Waals surface area contributed by atoms with E-state index in [0.29, 0.717) is 35.1 Å². The van der Waals surface area contributed by atoms with Crippen molar-refractivity contribution in [2.45, 2.75) is 25.3 Å². The van der Waals surface area contributed by atoms with Crippen LogP contribution in [0.2, 0.25) is 10.0 Å². The number of hydrogen-bond donors (Lipinski definition) is 2. The second-order valence-corrected chi connectivity index (χ2v) is 6.37. The van der Waals surface area contributed by atoms with E-state index in [4.69, 9.17) is 23.2 Å². The summed E-state index contributed by atoms with van der Waals surface area (Å²) in [5.74, 6) is -0.351. The molecule has 0 bridgehead atoms. The van der Waals surface area contributed by atoms with E-state index >= 15 is 0 Å². The van der Waals surface area contributed by atoms with Gasteiger partial charge in [0.05, 0.1) is 10.6 Å². The summed E-state index contributed by atoms with van der Waals surface area (Å²) >= 11 is 12.1. The first kappa shape index (κ1) is 18.0. The number of nitrogens with one attached hydrogen (secondary N) is 2. The van der Waals surface area contributed by atoms with Crippen LogP contribution in [0.25, 0.3) is 0 Å². The van der Waals surface area contributed by atoms with Gasteiger partial charge in [-0.3, -0.25) is 9.59 Å². The molecule has 0 radical (unpaired) electrons. The van der Waals surface area contributed by atoms with Gasteiger partial charge in [0.15, 0.2) is 0 Å². The average molecular weight is 358 g/mol. The first-order chi connectivity index (χ1) is 11.0. The molecule has 126 valence electrons. The Balaban J connectivity index is 2.04. The van der Waals surface area contributed by atoms with Gasteiger partial charge in [0.2, 0.25) is 5.91 Å². The molecular formula is C16H21Cl2N3O2. The van der Waals surface area contributed by atoms with Crippen LogP contribution in [0.4, 0.5) is 0 Å². The molecule has 1 aromatic carbocycles. The van der Waals surface area contributed by atoms with E-state index in [9.17, 15) is 9.59 Å². The van der Waals surface area contributed by atoms with Gasteiger partial charge >= 0.3 is 0 Å². The van der Waals surface area contributed by atoms with Gasteiger partial charge in [-0.1, -0.05) is 23.2 Å². The summed E-state index contributed by atoms with van der Waals surface area (Å²) in [7, 11) is 1.87. The van der Waals surface area contributed by atoms with Gasteiger partial charge in [0.25, 0.3) is 5.91 Å². The molecule has 1 saturated heterocycles. The molecule has 1 aromatic rings. The molecule has 0 spiro atoms. The fraction of sp³-hybridized carbons (Fsp3) is 0.500. The lowest BCUT2D eigenvalue weighted by atomic mass is 10.1. The first-order valence-corrected chi connectivity index (χ1v) is 8.48. The standard InChI is InChI=1S/C16H21Cl2N3O2/c1-19-7-3-8-20-15(22)14-4-2-9-21(14)16(23)12-10-11(17)5-6-13(12)18/h5-6,10,14,19H,2-4,7-9H2,1H3,(H,20,22). The van der Waals surface area contributed by atoms with Crippen LogP contribution in [0, 0.1) is 0 Å². The van der Waals surface area contributed by atoms with Crippen molar-refractivity contribution in [2.75, 3.05) is 26.7 Å². The third kappa shape index (κ3) is 4.59. The van der Waals surface area contributed by atoms with Crippen molar-refractivity contribution in [1.29, 1.82) is 0 Å². The van der Waals surface area contributed by atoms with Gasteiger partial charge in [0.1, 0.15) is 6.04 Å². The molecule has 2 amide bonds. The van der Waals surface area contributed by atoms with Crippen molar-refractivity contribution in [3.05, 3.63) is 33.8 Å². The van der Waals surface area contributed by atoms with Crippen molar-refractivity contribution in [1.82, 2.24) is 15.5 Å². The average Bonchev–Trinajstić information content (AvgIpc) is 3.02. The molecule has 0 aliphatic carbocycles. The van der Waals surface area contributed by atoms with Crippen LogP contribution in [-0.4, -0.2) is 49.4 Å². The van der Waals surface area contributed by atoms with Crippen LogP contribution in [0.5, 0.6) is 0 Å². The summed E-state index contributed by atoms with van der Waals surface area (Å²) in [5.41, 5.74) is 0.342. The number of carbonyl (C=O) groups excluding carboxylic acids is 2. The monoisotopic (exact) mass is 357 g/mol. The van der Waals surface area contributed by atoms with Crippen molar-refractivity contribution in [3.8, 4) is 0 Å². The molecule has 1 unspecified atom stereocenters. The topological polar surface area (TPSA) is 61.4 Å². The number of halogens is 2. The van der Waals surface area contributed by atoms with Crippen LogP contribution in [0.1, 0.15) is 29.6 Å². The lowest BCUT2D eigenvalue weighted by molar-refractivity contribution is -0.124. The highest BCUT2D eigenvalue weighted by Gasteiger charge is 2.35. The zero-order valence-corrected chi connectivity index (χ0v) is 14.6. The minimum Gasteiger partial charge on any atom is -0.354 e. The number of nitrogens with zero attached hydrogens (tertiary/aromatic N) is 1. The summed E-state index contributed by atoms with van der Waals surface area (Å²) in [5, 5.41) is 6.71. The molecule has 1 fully saturated rings. The van der Waals surface area contributed by atoms with E-state index in [1.807, 2.05) is 7.05 Å². The Bertz CT molecular complexity index is 580. The summed E-state index contributed by atoms with van der Waals surface area (Å²) in [6.07, 6.45) is 2.32. The third-order valence-corrected chi connectivity index (χ3v) is 4.44. The molecule has 0 saturated carbocycles. The van der Waals surface area contributed by atoms with E-state index in [0.717, 1.165) is 19.4 Å². The van der Waals surface area contributed by atoms with E-state index in [-0.39, 0.29) is 11.8 Å². The van der Waals surface area contributed by atoms with Crippen LogP contribution in [-0.2, 0) is 4.79 Å². The van der Waals surface area contributed by atoms with Crippen molar-refractivity contribution >= 4 is 35.0 Å². The number of amides is 2. The minimum atomic E-state index is -0.438. The molecule has 2 N–H and O–H groups in total. The Morgan fingerprint density at radius 2 is 2.09 bits per heavy atom. The summed E-state index contributed by atoms with van der Waals surface area (Å²) < 4.78 is 0. The van der Waals surface area contributed by atoms with Crippen LogP contribution in [0.15, 0.2) is 18.2 Å². The molecule has 5 nitrogen and oxygen atoms in total. The van der Waals surface area contributed by atoms with Crippen LogP contribution >= 0.6 is 23.2 Å². The van der Waals surface area contributed by atoms with Gasteiger partial charge in [0, 0.05) is 18.1 Å². The van der Waals surface area contributed by atoms with Gasteiger partial charge in [-0.2, -0.15) is 0 Å². The zero-order valence-electron chi connectivity index (χ0n) is 13.1. The third-order valence-electron chi connectivity index (χ3n) is 3.88. The summed E-state index contributed by atoms with van der Waals surface area (Å²) in [6.45, 7) is 1.98. The van der Waals surface area contributed by atoms with E-state index in [1.54, 1.807) is 23.1 Å². The fourth-order valence-electron chi connectivity index (χ4n) is 2.69. The molecule has 2 rings (SSSR count). The second-order valence-electron chi connectivity index (χ2n) is 5.53. The number of hydrogen-bond acceptors (Lipinski definition) is 3. The molecule has 7 heteroatoms. The Kier molecular flexibility index (Phi) is 6.69. The SMILES string of the molecule is CNCCCNC(=O)C1CCCN1C(=O)c1cc(Cl)ccc1Cl. The van der Waals surface area contributed by atoms with E-state index in [2.05, 4.69) is 10.6 Å². The molecule has 23 heavy (non-hydrogen) atoms. The van der Waals surface area contributed by atoms with E-state index in [1.165, 1.54) is 0 Å². The first-order valence-electron chi connectivity index (χ1n) is 7.73. The highest BCUT2D eigenvalue weighted by molar-refractivity contribution is 6.35. The largest absolute Gasteiger partial charge is 0.354 e. The lowest BCUT2D eigenvalue weighted by Gasteiger charge is -2.24. The predicted molar refractivity (Wildman–Crippen MR) is 92.1 cm³/mol. The van der Waals surface area contributed by atoms with Gasteiger partial charge in [-0.25, -0.2) is 0 Å². The molecule has 1 heterocycles. The maximum atomic E-state index is 12.7. The number of likely N-dealkylation sites (tertiary alicyclic amines) is 1. The van der Waals surface area contributed by atoms with Gasteiger partial charge < -0.3 is 15.5 Å². The molecular weight excluding hydrogens is 337 g/mol. The van der Waals surface area contributed by atoms with Crippen molar-refractivity contribution < 1.29 is 9.59 Å². The zero-order chi connectivity index (χ0) is 16.8. The summed E-state index contributed by atoms with van der Waals surface area (Å²) in [4.78, 5) is 26.6. The Morgan fingerprint density at radius 3 is 2.83 bits per heavy atom. The molecule has 1 aliphatic rings. The molecule has 1 atom stereocenters. The Morgan fingerprint density at radius 1 is 1.30 bits per heavy atom. The fourth-order valence-corrected chi connectivity index (χ4v) is 3.06. The quantitative estimate of drug-likeness (QED) is 0.768. The number of rotatable bonds is 6. The Labute approximate surface area is 146 Å². The highest BCUT2D eigenvalue weighted by Crippen LogP contribution is 2.26. The molecule has 0 aromatic heterocycles. The predicted octanol–water partition coefficient (Wildman–Crippen LogP) is 2.32. The second kappa shape index (κ2) is 8.52. The Hall–Kier alpha value is -1.30. The lowest BCUT2D eigenvalue weighted by Crippen LogP contribution is -2.46. The molecule has 1 aliphatic heterocycles. The van der Waals surface area contributed by atoms with Gasteiger partial charge in [-0.15, -0.1) is 0 Å². The van der Waals surface area contributed by atoms with Crippen LogP contribution < -0.4 is 10.6 Å². The number of benzene rings is 1. The number of carbonyl (C=O) groups is 2. The van der Waals surface area contributed by atoms with Gasteiger partial charge in [-0.05, 0) is 51.1 Å². The maximum absolute atomic E-state index is 12.7. The van der Waals surface area contributed by atoms with E-state index < -0.39 is 6.04 Å². The highest BCUT2D eigenvalue weighted by atomic mass is 35.5. The maximum Gasteiger partial charge on any atom is 0.256 e. The van der Waals surface area contributed by atoms with Crippen LogP contribution in [0.3, 0.4) is 0 Å². The minimum absolute atomic E-state index is 0.106. The normalized spacial score (nSPS) is 17.3. The van der Waals surface area contributed by atoms with Crippen molar-refractivity contribution in [3.63, 3.8) is 0 Å². The van der Waals surface area contributed by atoms with Crippen molar-refractivity contribution in [2.24, 2.45) is 0 Å².